The molecule has 0 spiro atoms. The minimum atomic E-state index is 0.0247. The summed E-state index contributed by atoms with van der Waals surface area (Å²) in [5.74, 6) is 1.35. The van der Waals surface area contributed by atoms with E-state index in [0.717, 1.165) is 11.3 Å². The molecule has 1 aromatic heterocycles. The number of hydrogen-bond donors (Lipinski definition) is 1. The molecule has 66 valence electrons. The van der Waals surface area contributed by atoms with Crippen molar-refractivity contribution in [3.63, 3.8) is 0 Å². The van der Waals surface area contributed by atoms with Crippen molar-refractivity contribution in [2.24, 2.45) is 5.73 Å². The highest BCUT2D eigenvalue weighted by Gasteiger charge is 2.22. The summed E-state index contributed by atoms with van der Waals surface area (Å²) in [5.41, 5.74) is 6.87. The predicted molar refractivity (Wildman–Crippen MR) is 48.8 cm³/mol. The molecule has 1 aromatic rings. The van der Waals surface area contributed by atoms with Crippen LogP contribution in [-0.4, -0.2) is 6.04 Å². The number of nitrogens with zero attached hydrogens (tertiary/aromatic N) is 1. The lowest BCUT2D eigenvalue weighted by Crippen LogP contribution is -2.26. The van der Waals surface area contributed by atoms with E-state index in [1.165, 1.54) is 0 Å². The standard InChI is InChI=1S/C10H10N2O/c1-6-8-4-7(5-11)13-10(8)3-2-9(6)12/h2-4,6,9H,12H2,1H3. The van der Waals surface area contributed by atoms with Crippen LogP contribution in [0.5, 0.6) is 0 Å². The molecule has 2 atom stereocenters. The Balaban J connectivity index is 2.51. The topological polar surface area (TPSA) is 63.0 Å². The van der Waals surface area contributed by atoms with Crippen LogP contribution in [0.3, 0.4) is 0 Å². The lowest BCUT2D eigenvalue weighted by molar-refractivity contribution is 0.527. The van der Waals surface area contributed by atoms with Gasteiger partial charge in [0.15, 0.2) is 0 Å². The zero-order valence-corrected chi connectivity index (χ0v) is 7.32. The first kappa shape index (κ1) is 8.09. The maximum absolute atomic E-state index is 8.64. The van der Waals surface area contributed by atoms with Crippen LogP contribution in [-0.2, 0) is 0 Å². The van der Waals surface area contributed by atoms with Gasteiger partial charge >= 0.3 is 0 Å². The van der Waals surface area contributed by atoms with E-state index in [-0.39, 0.29) is 12.0 Å². The number of nitrogens with two attached hydrogens (primary N) is 1. The van der Waals surface area contributed by atoms with Crippen LogP contribution in [0.15, 0.2) is 16.6 Å². The Bertz CT molecular complexity index is 398. The summed E-state index contributed by atoms with van der Waals surface area (Å²) in [6, 6.07) is 3.77. The molecule has 13 heavy (non-hydrogen) atoms. The first-order chi connectivity index (χ1) is 6.22. The summed E-state index contributed by atoms with van der Waals surface area (Å²) < 4.78 is 5.27. The smallest absolute Gasteiger partial charge is 0.204 e. The van der Waals surface area contributed by atoms with Crippen LogP contribution in [0.25, 0.3) is 6.08 Å². The molecule has 0 fully saturated rings. The van der Waals surface area contributed by atoms with Gasteiger partial charge in [0.25, 0.3) is 0 Å². The number of nitriles is 1. The summed E-state index contributed by atoms with van der Waals surface area (Å²) in [7, 11) is 0. The van der Waals surface area contributed by atoms with Gasteiger partial charge < -0.3 is 10.2 Å². The number of rotatable bonds is 0. The van der Waals surface area contributed by atoms with E-state index in [2.05, 4.69) is 0 Å². The fraction of sp³-hybridized carbons (Fsp3) is 0.300. The molecule has 3 heteroatoms. The Labute approximate surface area is 76.5 Å². The molecule has 2 unspecified atom stereocenters. The van der Waals surface area contributed by atoms with Crippen molar-refractivity contribution >= 4 is 6.08 Å². The van der Waals surface area contributed by atoms with Crippen LogP contribution in [0.1, 0.15) is 29.9 Å². The van der Waals surface area contributed by atoms with Gasteiger partial charge in [-0.3, -0.25) is 0 Å². The molecule has 3 nitrogen and oxygen atoms in total. The van der Waals surface area contributed by atoms with Gasteiger partial charge in [-0.15, -0.1) is 0 Å². The average molecular weight is 174 g/mol. The SMILES string of the molecule is CC1c2cc(C#N)oc2C=CC1N. The van der Waals surface area contributed by atoms with Crippen molar-refractivity contribution in [2.75, 3.05) is 0 Å². The second-order valence-electron chi connectivity index (χ2n) is 3.27. The maximum Gasteiger partial charge on any atom is 0.204 e. The van der Waals surface area contributed by atoms with E-state index in [1.54, 1.807) is 6.07 Å². The number of hydrogen-bond acceptors (Lipinski definition) is 3. The monoisotopic (exact) mass is 174 g/mol. The molecule has 0 saturated heterocycles. The van der Waals surface area contributed by atoms with E-state index in [1.807, 2.05) is 25.1 Å². The van der Waals surface area contributed by atoms with Gasteiger partial charge in [0.05, 0.1) is 0 Å². The van der Waals surface area contributed by atoms with Crippen molar-refractivity contribution in [1.29, 1.82) is 5.26 Å². The molecule has 0 aromatic carbocycles. The van der Waals surface area contributed by atoms with Gasteiger partial charge in [-0.05, 0) is 12.1 Å². The molecule has 1 aliphatic rings. The molecule has 0 aliphatic heterocycles. The van der Waals surface area contributed by atoms with Gasteiger partial charge in [0.2, 0.25) is 5.76 Å². The molecule has 2 rings (SSSR count). The molecule has 1 heterocycles. The highest BCUT2D eigenvalue weighted by molar-refractivity contribution is 5.55. The second-order valence-corrected chi connectivity index (χ2v) is 3.27. The molecule has 2 N–H and O–H groups in total. The highest BCUT2D eigenvalue weighted by Crippen LogP contribution is 2.30. The van der Waals surface area contributed by atoms with E-state index in [9.17, 15) is 0 Å². The number of furan rings is 1. The third-order valence-corrected chi connectivity index (χ3v) is 2.44. The first-order valence-corrected chi connectivity index (χ1v) is 4.20. The zero-order chi connectivity index (χ0) is 9.42. The van der Waals surface area contributed by atoms with E-state index in [4.69, 9.17) is 15.4 Å². The maximum atomic E-state index is 8.64. The lowest BCUT2D eigenvalue weighted by atomic mass is 9.89. The summed E-state index contributed by atoms with van der Waals surface area (Å²) in [6.07, 6.45) is 3.73. The third-order valence-electron chi connectivity index (χ3n) is 2.44. The molecular weight excluding hydrogens is 164 g/mol. The van der Waals surface area contributed by atoms with Crippen LogP contribution in [0.4, 0.5) is 0 Å². The van der Waals surface area contributed by atoms with Crippen LogP contribution < -0.4 is 5.73 Å². The van der Waals surface area contributed by atoms with Gasteiger partial charge in [-0.1, -0.05) is 13.0 Å². The minimum Gasteiger partial charge on any atom is -0.446 e. The van der Waals surface area contributed by atoms with Crippen molar-refractivity contribution in [3.05, 3.63) is 29.2 Å². The third kappa shape index (κ3) is 1.16. The fourth-order valence-corrected chi connectivity index (χ4v) is 1.53. The van der Waals surface area contributed by atoms with Crippen molar-refractivity contribution in [3.8, 4) is 6.07 Å². The van der Waals surface area contributed by atoms with Crippen LogP contribution in [0, 0.1) is 11.3 Å². The second kappa shape index (κ2) is 2.75. The zero-order valence-electron chi connectivity index (χ0n) is 7.32. The largest absolute Gasteiger partial charge is 0.446 e. The quantitative estimate of drug-likeness (QED) is 0.649. The van der Waals surface area contributed by atoms with Crippen molar-refractivity contribution in [1.82, 2.24) is 0 Å². The highest BCUT2D eigenvalue weighted by atomic mass is 16.3. The molecule has 0 amide bonds. The Morgan fingerprint density at radius 2 is 2.38 bits per heavy atom. The van der Waals surface area contributed by atoms with Crippen LogP contribution in [0.2, 0.25) is 0 Å². The molecular formula is C10H10N2O. The summed E-state index contributed by atoms with van der Waals surface area (Å²) in [5, 5.41) is 8.64. The Kier molecular flexibility index (Phi) is 1.71. The lowest BCUT2D eigenvalue weighted by Gasteiger charge is -2.19. The first-order valence-electron chi connectivity index (χ1n) is 4.20. The van der Waals surface area contributed by atoms with Crippen LogP contribution >= 0.6 is 0 Å². The van der Waals surface area contributed by atoms with E-state index < -0.39 is 0 Å². The molecule has 0 saturated carbocycles. The predicted octanol–water partition coefficient (Wildman–Crippen LogP) is 1.61. The van der Waals surface area contributed by atoms with Gasteiger partial charge in [-0.2, -0.15) is 5.26 Å². The van der Waals surface area contributed by atoms with E-state index >= 15 is 0 Å². The summed E-state index contributed by atoms with van der Waals surface area (Å²) >= 11 is 0. The average Bonchev–Trinajstić information content (AvgIpc) is 2.55. The Morgan fingerprint density at radius 1 is 1.62 bits per heavy atom. The summed E-state index contributed by atoms with van der Waals surface area (Å²) in [6.45, 7) is 2.03. The molecule has 0 radical (unpaired) electrons. The normalized spacial score (nSPS) is 25.3. The van der Waals surface area contributed by atoms with Crippen molar-refractivity contribution in [2.45, 2.75) is 18.9 Å². The van der Waals surface area contributed by atoms with Gasteiger partial charge in [0, 0.05) is 17.5 Å². The Hall–Kier alpha value is -1.53. The van der Waals surface area contributed by atoms with Gasteiger partial charge in [-0.25, -0.2) is 0 Å². The van der Waals surface area contributed by atoms with E-state index in [0.29, 0.717) is 5.76 Å². The Morgan fingerprint density at radius 3 is 3.08 bits per heavy atom. The minimum absolute atomic E-state index is 0.0247. The van der Waals surface area contributed by atoms with Crippen molar-refractivity contribution < 1.29 is 4.42 Å². The molecule has 0 bridgehead atoms. The number of fused-ring (bicyclic) bond motifs is 1. The summed E-state index contributed by atoms with van der Waals surface area (Å²) in [4.78, 5) is 0. The van der Waals surface area contributed by atoms with Gasteiger partial charge in [0.1, 0.15) is 11.8 Å². The fourth-order valence-electron chi connectivity index (χ4n) is 1.53. The molecule has 1 aliphatic carbocycles.